The first kappa shape index (κ1) is 31.9. The van der Waals surface area contributed by atoms with E-state index in [1.54, 1.807) is 28.4 Å². The van der Waals surface area contributed by atoms with Crippen LogP contribution in [0.3, 0.4) is 0 Å². The van der Waals surface area contributed by atoms with E-state index in [0.717, 1.165) is 51.4 Å². The first-order valence-corrected chi connectivity index (χ1v) is 11.3. The number of ether oxygens (including phenoxy) is 4. The van der Waals surface area contributed by atoms with Gasteiger partial charge in [-0.05, 0) is 52.4 Å². The van der Waals surface area contributed by atoms with Crippen molar-refractivity contribution in [1.29, 1.82) is 0 Å². The summed E-state index contributed by atoms with van der Waals surface area (Å²) in [6.45, 7) is 11.8. The van der Waals surface area contributed by atoms with Crippen LogP contribution in [0.5, 0.6) is 0 Å². The van der Waals surface area contributed by atoms with E-state index in [0.29, 0.717) is 11.8 Å². The molecule has 0 spiro atoms. The van der Waals surface area contributed by atoms with Crippen molar-refractivity contribution in [3.05, 3.63) is 0 Å². The average molecular weight is 437 g/mol. The lowest BCUT2D eigenvalue weighted by Gasteiger charge is -2.20. The lowest BCUT2D eigenvalue weighted by molar-refractivity contribution is -0.113. The van der Waals surface area contributed by atoms with Gasteiger partial charge in [0.05, 0.1) is 11.2 Å². The molecule has 0 aromatic carbocycles. The minimum Gasteiger partial charge on any atom is -0.390 e. The molecule has 0 aliphatic heterocycles. The highest BCUT2D eigenvalue weighted by Crippen LogP contribution is 2.20. The third kappa shape index (κ3) is 22.4. The summed E-state index contributed by atoms with van der Waals surface area (Å²) in [5, 5.41) is 19.1. The van der Waals surface area contributed by atoms with Crippen molar-refractivity contribution in [1.82, 2.24) is 0 Å². The largest absolute Gasteiger partial charge is 0.390 e. The van der Waals surface area contributed by atoms with Crippen molar-refractivity contribution in [2.75, 3.05) is 28.4 Å². The third-order valence-corrected chi connectivity index (χ3v) is 5.21. The van der Waals surface area contributed by atoms with Crippen LogP contribution in [0.2, 0.25) is 0 Å². The smallest absolute Gasteiger partial charge is 0.157 e. The molecule has 30 heavy (non-hydrogen) atoms. The van der Waals surface area contributed by atoms with Crippen LogP contribution < -0.4 is 0 Å². The molecule has 0 aromatic rings. The molecule has 0 aliphatic carbocycles. The Morgan fingerprint density at radius 3 is 1.07 bits per heavy atom. The van der Waals surface area contributed by atoms with Gasteiger partial charge in [-0.3, -0.25) is 0 Å². The van der Waals surface area contributed by atoms with Crippen LogP contribution in [-0.2, 0) is 18.9 Å². The van der Waals surface area contributed by atoms with Crippen molar-refractivity contribution in [2.45, 2.75) is 117 Å². The minimum atomic E-state index is -0.540. The van der Waals surface area contributed by atoms with Gasteiger partial charge in [-0.15, -0.1) is 0 Å². The zero-order valence-electron chi connectivity index (χ0n) is 21.5. The molecule has 2 unspecified atom stereocenters. The zero-order chi connectivity index (χ0) is 23.8. The summed E-state index contributed by atoms with van der Waals surface area (Å²) < 4.78 is 20.6. The summed E-state index contributed by atoms with van der Waals surface area (Å²) >= 11 is 0. The Labute approximate surface area is 186 Å². The average Bonchev–Trinajstić information content (AvgIpc) is 2.62. The summed E-state index contributed by atoms with van der Waals surface area (Å²) in [6.07, 6.45) is 7.64. The maximum atomic E-state index is 9.56. The molecule has 0 fully saturated rings. The maximum absolute atomic E-state index is 9.56. The van der Waals surface area contributed by atoms with E-state index in [4.69, 9.17) is 18.9 Å². The fraction of sp³-hybridized carbons (Fsp3) is 1.00. The Morgan fingerprint density at radius 2 is 0.867 bits per heavy atom. The predicted octanol–water partition coefficient (Wildman–Crippen LogP) is 5.15. The van der Waals surface area contributed by atoms with Crippen LogP contribution in [-0.4, -0.2) is 62.4 Å². The molecule has 0 aromatic heterocycles. The standard InChI is InChI=1S/2C12H26O3/c2*1-10(9-11(14-4)15-5)7-6-8-12(2,3)13/h2*10-11,13H,6-9H2,1-5H3. The minimum absolute atomic E-state index is 0.0952. The lowest BCUT2D eigenvalue weighted by Crippen LogP contribution is -2.20. The Morgan fingerprint density at radius 1 is 0.600 bits per heavy atom. The van der Waals surface area contributed by atoms with Crippen LogP contribution in [0.4, 0.5) is 0 Å². The molecular formula is C24H52O6. The Hall–Kier alpha value is -0.240. The highest BCUT2D eigenvalue weighted by Gasteiger charge is 2.16. The second-order valence-electron chi connectivity index (χ2n) is 9.89. The molecule has 184 valence electrons. The summed E-state index contributed by atoms with van der Waals surface area (Å²) in [5.74, 6) is 1.13. The summed E-state index contributed by atoms with van der Waals surface area (Å²) in [7, 11) is 6.66. The monoisotopic (exact) mass is 436 g/mol. The van der Waals surface area contributed by atoms with Crippen molar-refractivity contribution >= 4 is 0 Å². The van der Waals surface area contributed by atoms with Gasteiger partial charge in [0.1, 0.15) is 0 Å². The van der Waals surface area contributed by atoms with Crippen molar-refractivity contribution in [3.63, 3.8) is 0 Å². The molecule has 2 N–H and O–H groups in total. The quantitative estimate of drug-likeness (QED) is 0.326. The fourth-order valence-corrected chi connectivity index (χ4v) is 3.24. The van der Waals surface area contributed by atoms with E-state index in [9.17, 15) is 10.2 Å². The SMILES string of the molecule is COC(CC(C)CCCC(C)(C)O)OC.COC(CC(C)CCCC(C)(C)O)OC. The third-order valence-electron chi connectivity index (χ3n) is 5.21. The van der Waals surface area contributed by atoms with Gasteiger partial charge in [0.25, 0.3) is 0 Å². The number of rotatable bonds is 16. The fourth-order valence-electron chi connectivity index (χ4n) is 3.24. The van der Waals surface area contributed by atoms with Gasteiger partial charge < -0.3 is 29.2 Å². The second-order valence-corrected chi connectivity index (χ2v) is 9.89. The predicted molar refractivity (Wildman–Crippen MR) is 123 cm³/mol. The van der Waals surface area contributed by atoms with Gasteiger partial charge in [0, 0.05) is 41.3 Å². The number of hydrogen-bond donors (Lipinski definition) is 2. The molecule has 0 radical (unpaired) electrons. The van der Waals surface area contributed by atoms with Crippen LogP contribution in [0, 0.1) is 11.8 Å². The number of hydrogen-bond acceptors (Lipinski definition) is 6. The number of methoxy groups -OCH3 is 4. The van der Waals surface area contributed by atoms with Gasteiger partial charge in [0.15, 0.2) is 12.6 Å². The molecule has 0 amide bonds. The molecule has 6 heteroatoms. The topological polar surface area (TPSA) is 77.4 Å². The maximum Gasteiger partial charge on any atom is 0.157 e. The van der Waals surface area contributed by atoms with Gasteiger partial charge in [0.2, 0.25) is 0 Å². The van der Waals surface area contributed by atoms with Gasteiger partial charge in [-0.25, -0.2) is 0 Å². The Balaban J connectivity index is 0. The van der Waals surface area contributed by atoms with Crippen LogP contribution in [0.15, 0.2) is 0 Å². The van der Waals surface area contributed by atoms with E-state index >= 15 is 0 Å². The van der Waals surface area contributed by atoms with Crippen LogP contribution >= 0.6 is 0 Å². The van der Waals surface area contributed by atoms with E-state index in [-0.39, 0.29) is 12.6 Å². The van der Waals surface area contributed by atoms with Crippen molar-refractivity contribution < 1.29 is 29.2 Å². The first-order valence-electron chi connectivity index (χ1n) is 11.3. The second kappa shape index (κ2) is 17.3. The van der Waals surface area contributed by atoms with Gasteiger partial charge >= 0.3 is 0 Å². The van der Waals surface area contributed by atoms with Crippen LogP contribution in [0.25, 0.3) is 0 Å². The molecule has 0 saturated carbocycles. The zero-order valence-corrected chi connectivity index (χ0v) is 21.5. The Kier molecular flexibility index (Phi) is 18.5. The van der Waals surface area contributed by atoms with Crippen molar-refractivity contribution in [3.8, 4) is 0 Å². The molecular weight excluding hydrogens is 384 g/mol. The van der Waals surface area contributed by atoms with Gasteiger partial charge in [-0.2, -0.15) is 0 Å². The molecule has 0 heterocycles. The van der Waals surface area contributed by atoms with Gasteiger partial charge in [-0.1, -0.05) is 39.5 Å². The van der Waals surface area contributed by atoms with E-state index in [1.807, 2.05) is 27.7 Å². The molecule has 0 bridgehead atoms. The lowest BCUT2D eigenvalue weighted by atomic mass is 9.95. The summed E-state index contributed by atoms with van der Waals surface area (Å²) in [6, 6.07) is 0. The first-order chi connectivity index (χ1) is 13.8. The molecule has 0 aliphatic rings. The van der Waals surface area contributed by atoms with E-state index in [2.05, 4.69) is 13.8 Å². The van der Waals surface area contributed by atoms with E-state index < -0.39 is 11.2 Å². The number of aliphatic hydroxyl groups is 2. The normalized spacial score (nSPS) is 14.6. The molecule has 0 saturated heterocycles. The molecule has 6 nitrogen and oxygen atoms in total. The highest BCUT2D eigenvalue weighted by atomic mass is 16.7. The summed E-state index contributed by atoms with van der Waals surface area (Å²) in [4.78, 5) is 0. The highest BCUT2D eigenvalue weighted by molar-refractivity contribution is 4.67. The summed E-state index contributed by atoms with van der Waals surface area (Å²) in [5.41, 5.74) is -1.08. The van der Waals surface area contributed by atoms with Crippen LogP contribution in [0.1, 0.15) is 92.9 Å². The molecule has 0 rings (SSSR count). The van der Waals surface area contributed by atoms with E-state index in [1.165, 1.54) is 0 Å². The Bertz CT molecular complexity index is 331. The molecule has 2 atom stereocenters. The van der Waals surface area contributed by atoms with Crippen molar-refractivity contribution in [2.24, 2.45) is 11.8 Å².